The molecule has 0 aliphatic carbocycles. The third-order valence-corrected chi connectivity index (χ3v) is 2.60. The van der Waals surface area contributed by atoms with Gasteiger partial charge in [-0.25, -0.2) is 0 Å². The minimum absolute atomic E-state index is 0.163. The molecule has 0 saturated carbocycles. The molecular weight excluding hydrogens is 242 g/mol. The van der Waals surface area contributed by atoms with Crippen molar-refractivity contribution in [3.8, 4) is 0 Å². The van der Waals surface area contributed by atoms with Gasteiger partial charge < -0.3 is 15.2 Å². The molecule has 1 rings (SSSR count). The SMILES string of the molecule is COCC(NCCc1ccc(Cl)cc1)C(=O)O. The molecule has 0 heterocycles. The van der Waals surface area contributed by atoms with E-state index in [1.807, 2.05) is 24.3 Å². The largest absolute Gasteiger partial charge is 0.480 e. The lowest BCUT2D eigenvalue weighted by atomic mass is 10.1. The van der Waals surface area contributed by atoms with Gasteiger partial charge in [0.15, 0.2) is 0 Å². The molecular formula is C12H16ClNO3. The molecule has 1 aromatic carbocycles. The van der Waals surface area contributed by atoms with Gasteiger partial charge in [-0.1, -0.05) is 23.7 Å². The predicted molar refractivity (Wildman–Crippen MR) is 66.5 cm³/mol. The molecule has 4 nitrogen and oxygen atoms in total. The highest BCUT2D eigenvalue weighted by Gasteiger charge is 2.15. The molecule has 0 radical (unpaired) electrons. The second-order valence-corrected chi connectivity index (χ2v) is 4.11. The van der Waals surface area contributed by atoms with Crippen LogP contribution in [0.25, 0.3) is 0 Å². The van der Waals surface area contributed by atoms with E-state index in [9.17, 15) is 4.79 Å². The van der Waals surface area contributed by atoms with Crippen LogP contribution in [0.5, 0.6) is 0 Å². The zero-order valence-corrected chi connectivity index (χ0v) is 10.4. The topological polar surface area (TPSA) is 58.6 Å². The highest BCUT2D eigenvalue weighted by Crippen LogP contribution is 2.09. The molecule has 1 unspecified atom stereocenters. The Morgan fingerprint density at radius 3 is 2.65 bits per heavy atom. The van der Waals surface area contributed by atoms with E-state index < -0.39 is 12.0 Å². The molecule has 2 N–H and O–H groups in total. The fourth-order valence-corrected chi connectivity index (χ4v) is 1.55. The van der Waals surface area contributed by atoms with Gasteiger partial charge in [-0.2, -0.15) is 0 Å². The van der Waals surface area contributed by atoms with Crippen molar-refractivity contribution in [2.24, 2.45) is 0 Å². The van der Waals surface area contributed by atoms with E-state index in [2.05, 4.69) is 5.32 Å². The normalized spacial score (nSPS) is 12.4. The van der Waals surface area contributed by atoms with Gasteiger partial charge in [-0.15, -0.1) is 0 Å². The number of carboxylic acids is 1. The van der Waals surface area contributed by atoms with Crippen LogP contribution in [0.4, 0.5) is 0 Å². The number of carboxylic acid groups (broad SMARTS) is 1. The Balaban J connectivity index is 2.35. The lowest BCUT2D eigenvalue weighted by molar-refractivity contribution is -0.140. The monoisotopic (exact) mass is 257 g/mol. The van der Waals surface area contributed by atoms with Crippen LogP contribution in [-0.4, -0.2) is 37.4 Å². The third kappa shape index (κ3) is 5.17. The molecule has 5 heteroatoms. The molecule has 1 atom stereocenters. The third-order valence-electron chi connectivity index (χ3n) is 2.35. The lowest BCUT2D eigenvalue weighted by Crippen LogP contribution is -2.41. The van der Waals surface area contributed by atoms with E-state index in [-0.39, 0.29) is 6.61 Å². The molecule has 0 amide bonds. The van der Waals surface area contributed by atoms with Crippen molar-refractivity contribution in [2.75, 3.05) is 20.3 Å². The van der Waals surface area contributed by atoms with Gasteiger partial charge in [0, 0.05) is 18.7 Å². The van der Waals surface area contributed by atoms with Crippen molar-refractivity contribution in [1.82, 2.24) is 5.32 Å². The maximum atomic E-state index is 10.8. The summed E-state index contributed by atoms with van der Waals surface area (Å²) in [6, 6.07) is 6.83. The predicted octanol–water partition coefficient (Wildman–Crippen LogP) is 1.57. The van der Waals surface area contributed by atoms with Crippen LogP contribution in [0.15, 0.2) is 24.3 Å². The number of hydrogen-bond acceptors (Lipinski definition) is 3. The Morgan fingerprint density at radius 2 is 2.12 bits per heavy atom. The zero-order chi connectivity index (χ0) is 12.7. The summed E-state index contributed by atoms with van der Waals surface area (Å²) < 4.78 is 4.82. The number of nitrogens with one attached hydrogen (secondary N) is 1. The quantitative estimate of drug-likeness (QED) is 0.779. The number of hydrogen-bond donors (Lipinski definition) is 2. The smallest absolute Gasteiger partial charge is 0.323 e. The standard InChI is InChI=1S/C12H16ClNO3/c1-17-8-11(12(15)16)14-7-6-9-2-4-10(13)5-3-9/h2-5,11,14H,6-8H2,1H3,(H,15,16). The Bertz CT molecular complexity index is 353. The number of ether oxygens (including phenoxy) is 1. The molecule has 94 valence electrons. The first-order valence-corrected chi connectivity index (χ1v) is 5.71. The van der Waals surface area contributed by atoms with Crippen LogP contribution < -0.4 is 5.32 Å². The summed E-state index contributed by atoms with van der Waals surface area (Å²) in [7, 11) is 1.48. The van der Waals surface area contributed by atoms with Gasteiger partial charge in [0.1, 0.15) is 6.04 Å². The van der Waals surface area contributed by atoms with Crippen molar-refractivity contribution in [3.63, 3.8) is 0 Å². The van der Waals surface area contributed by atoms with Crippen LogP contribution in [0.2, 0.25) is 5.02 Å². The molecule has 17 heavy (non-hydrogen) atoms. The van der Waals surface area contributed by atoms with Gasteiger partial charge in [-0.05, 0) is 24.1 Å². The van der Waals surface area contributed by atoms with Gasteiger partial charge in [0.05, 0.1) is 6.61 Å². The minimum atomic E-state index is -0.900. The van der Waals surface area contributed by atoms with Crippen molar-refractivity contribution < 1.29 is 14.6 Å². The van der Waals surface area contributed by atoms with Crippen LogP contribution in [-0.2, 0) is 16.0 Å². The number of benzene rings is 1. The molecule has 0 spiro atoms. The number of methoxy groups -OCH3 is 1. The second kappa shape index (κ2) is 7.27. The first-order chi connectivity index (χ1) is 8.13. The summed E-state index contributed by atoms with van der Waals surface area (Å²) in [4.78, 5) is 10.8. The Morgan fingerprint density at radius 1 is 1.47 bits per heavy atom. The number of rotatable bonds is 7. The summed E-state index contributed by atoms with van der Waals surface area (Å²) in [5.74, 6) is -0.900. The van der Waals surface area contributed by atoms with Crippen LogP contribution >= 0.6 is 11.6 Å². The zero-order valence-electron chi connectivity index (χ0n) is 9.65. The molecule has 0 fully saturated rings. The van der Waals surface area contributed by atoms with Crippen LogP contribution in [0.1, 0.15) is 5.56 Å². The van der Waals surface area contributed by atoms with Crippen LogP contribution in [0, 0.1) is 0 Å². The Labute approximate surface area is 106 Å². The fourth-order valence-electron chi connectivity index (χ4n) is 1.43. The van der Waals surface area contributed by atoms with Crippen molar-refractivity contribution >= 4 is 17.6 Å². The maximum absolute atomic E-state index is 10.8. The summed E-state index contributed by atoms with van der Waals surface area (Å²) in [5.41, 5.74) is 1.11. The van der Waals surface area contributed by atoms with E-state index >= 15 is 0 Å². The minimum Gasteiger partial charge on any atom is -0.480 e. The Kier molecular flexibility index (Phi) is 5.97. The summed E-state index contributed by atoms with van der Waals surface area (Å²) >= 11 is 5.77. The van der Waals surface area contributed by atoms with Crippen molar-refractivity contribution in [1.29, 1.82) is 0 Å². The summed E-state index contributed by atoms with van der Waals surface area (Å²) in [5, 5.41) is 12.5. The number of halogens is 1. The van der Waals surface area contributed by atoms with Crippen molar-refractivity contribution in [3.05, 3.63) is 34.9 Å². The highest BCUT2D eigenvalue weighted by atomic mass is 35.5. The summed E-state index contributed by atoms with van der Waals surface area (Å²) in [6.45, 7) is 0.748. The fraction of sp³-hybridized carbons (Fsp3) is 0.417. The molecule has 0 aromatic heterocycles. The molecule has 0 aliphatic rings. The van der Waals surface area contributed by atoms with Crippen molar-refractivity contribution in [2.45, 2.75) is 12.5 Å². The van der Waals surface area contributed by atoms with Gasteiger partial charge >= 0.3 is 5.97 Å². The van der Waals surface area contributed by atoms with E-state index in [4.69, 9.17) is 21.4 Å². The molecule has 1 aromatic rings. The first kappa shape index (κ1) is 14.0. The van der Waals surface area contributed by atoms with Gasteiger partial charge in [0.2, 0.25) is 0 Å². The van der Waals surface area contributed by atoms with Gasteiger partial charge in [0.25, 0.3) is 0 Å². The number of carbonyl (C=O) groups is 1. The number of aliphatic carboxylic acids is 1. The summed E-state index contributed by atoms with van der Waals surface area (Å²) in [6.07, 6.45) is 0.755. The second-order valence-electron chi connectivity index (χ2n) is 3.68. The average molecular weight is 258 g/mol. The molecule has 0 saturated heterocycles. The van der Waals surface area contributed by atoms with Gasteiger partial charge in [-0.3, -0.25) is 4.79 Å². The molecule has 0 bridgehead atoms. The first-order valence-electron chi connectivity index (χ1n) is 5.33. The Hall–Kier alpha value is -1.10. The van der Waals surface area contributed by atoms with E-state index in [1.165, 1.54) is 7.11 Å². The molecule has 0 aliphatic heterocycles. The van der Waals surface area contributed by atoms with E-state index in [0.29, 0.717) is 11.6 Å². The van der Waals surface area contributed by atoms with E-state index in [0.717, 1.165) is 12.0 Å². The average Bonchev–Trinajstić information content (AvgIpc) is 2.30. The highest BCUT2D eigenvalue weighted by molar-refractivity contribution is 6.30. The van der Waals surface area contributed by atoms with E-state index in [1.54, 1.807) is 0 Å². The van der Waals surface area contributed by atoms with Crippen LogP contribution in [0.3, 0.4) is 0 Å². The maximum Gasteiger partial charge on any atom is 0.323 e. The lowest BCUT2D eigenvalue weighted by Gasteiger charge is -2.13.